The van der Waals surface area contributed by atoms with Gasteiger partial charge in [0.25, 0.3) is 5.91 Å². The van der Waals surface area contributed by atoms with Gasteiger partial charge in [0.2, 0.25) is 11.8 Å². The monoisotopic (exact) mass is 519 g/mol. The Balaban J connectivity index is 1.26. The SMILES string of the molecule is [B]C1N(Cc2ccc(COc3cccc4c3CN(C3CCC(=O)NC3=O)C4=O)cc2)C([B])([B])C([B])([B])OC1([B])[B]. The number of benzene rings is 2. The van der Waals surface area contributed by atoms with Crippen LogP contribution >= 0.6 is 0 Å². The lowest BCUT2D eigenvalue weighted by Crippen LogP contribution is -2.80. The van der Waals surface area contributed by atoms with E-state index in [4.69, 9.17) is 64.4 Å². The molecule has 186 valence electrons. The largest absolute Gasteiger partial charge is 0.489 e. The van der Waals surface area contributed by atoms with Gasteiger partial charge >= 0.3 is 0 Å². The Morgan fingerprint density at radius 2 is 1.65 bits per heavy atom. The summed E-state index contributed by atoms with van der Waals surface area (Å²) in [5.74, 6) is -1.66. The quantitative estimate of drug-likeness (QED) is 0.364. The van der Waals surface area contributed by atoms with E-state index in [0.29, 0.717) is 16.9 Å². The van der Waals surface area contributed by atoms with Gasteiger partial charge in [0.05, 0.1) is 45.8 Å². The molecule has 3 aliphatic rings. The number of rotatable bonds is 6. The number of amides is 3. The van der Waals surface area contributed by atoms with Gasteiger partial charge in [0.15, 0.2) is 0 Å². The summed E-state index contributed by atoms with van der Waals surface area (Å²) in [4.78, 5) is 39.8. The van der Waals surface area contributed by atoms with Crippen LogP contribution < -0.4 is 10.1 Å². The van der Waals surface area contributed by atoms with Crippen LogP contribution in [0, 0.1) is 0 Å². The summed E-state index contributed by atoms with van der Waals surface area (Å²) in [5, 5.41) is -3.56. The smallest absolute Gasteiger partial charge is 0.255 e. The molecular weight excluding hydrogens is 498 g/mol. The second-order valence-corrected chi connectivity index (χ2v) is 10.4. The normalized spacial score (nSPS) is 25.3. The molecule has 2 saturated heterocycles. The highest BCUT2D eigenvalue weighted by Gasteiger charge is 2.51. The molecule has 0 saturated carbocycles. The number of fused-ring (bicyclic) bond motifs is 1. The van der Waals surface area contributed by atoms with Crippen LogP contribution in [-0.2, 0) is 34.0 Å². The molecule has 8 nitrogen and oxygen atoms in total. The topological polar surface area (TPSA) is 88.2 Å². The maximum absolute atomic E-state index is 13.0. The molecule has 0 bridgehead atoms. The lowest BCUT2D eigenvalue weighted by Gasteiger charge is -2.65. The number of imide groups is 1. The van der Waals surface area contributed by atoms with Crippen LogP contribution in [0.25, 0.3) is 0 Å². The van der Waals surface area contributed by atoms with Crippen LogP contribution in [0.15, 0.2) is 42.5 Å². The second-order valence-electron chi connectivity index (χ2n) is 10.4. The highest BCUT2D eigenvalue weighted by Crippen LogP contribution is 2.37. The van der Waals surface area contributed by atoms with Gasteiger partial charge in [-0.25, -0.2) is 0 Å². The lowest BCUT2D eigenvalue weighted by atomic mass is 9.35. The van der Waals surface area contributed by atoms with Crippen LogP contribution in [0.1, 0.15) is 39.9 Å². The molecule has 2 fully saturated rings. The van der Waals surface area contributed by atoms with Crippen molar-refractivity contribution in [2.75, 3.05) is 0 Å². The third-order valence-electron chi connectivity index (χ3n) is 7.55. The highest BCUT2D eigenvalue weighted by molar-refractivity contribution is 6.55. The zero-order valence-electron chi connectivity index (χ0n) is 21.7. The summed E-state index contributed by atoms with van der Waals surface area (Å²) >= 11 is 0. The van der Waals surface area contributed by atoms with Crippen molar-refractivity contribution in [3.05, 3.63) is 64.7 Å². The fourth-order valence-corrected chi connectivity index (χ4v) is 5.15. The minimum Gasteiger partial charge on any atom is -0.489 e. The molecule has 0 aliphatic carbocycles. The van der Waals surface area contributed by atoms with Crippen LogP contribution in [0.5, 0.6) is 5.75 Å². The van der Waals surface area contributed by atoms with Crippen molar-refractivity contribution in [2.24, 2.45) is 0 Å². The van der Waals surface area contributed by atoms with Gasteiger partial charge in [0.1, 0.15) is 34.1 Å². The molecule has 1 N–H and O–H groups in total. The third-order valence-corrected chi connectivity index (χ3v) is 7.55. The standard InChI is InChI=1S/C25H20B7N3O5/c26-22-23(27,28)40-25(31,32)24(29,30)35(22)10-13-4-6-14(7-5-13)12-39-18-3-1-2-15-16(18)11-34(21(15)38)17-8-9-19(36)33-20(17)37/h1-7,17,22H,8-12H2,(H,33,36,37). The molecular formula is C25H20B7N3O5. The van der Waals surface area contributed by atoms with E-state index in [2.05, 4.69) is 5.32 Å². The molecule has 3 aliphatic heterocycles. The van der Waals surface area contributed by atoms with E-state index in [1.807, 2.05) is 24.3 Å². The number of carbonyl (C=O) groups is 3. The molecule has 2 aromatic rings. The molecule has 15 heteroatoms. The molecule has 3 heterocycles. The van der Waals surface area contributed by atoms with E-state index in [-0.39, 0.29) is 44.4 Å². The van der Waals surface area contributed by atoms with Crippen molar-refractivity contribution in [2.45, 2.75) is 60.7 Å². The second kappa shape index (κ2) is 10.2. The summed E-state index contributed by atoms with van der Waals surface area (Å²) in [5.41, 5.74) is 2.76. The van der Waals surface area contributed by atoms with Crippen molar-refractivity contribution >= 4 is 72.6 Å². The first-order chi connectivity index (χ1) is 18.7. The number of nitrogens with zero attached hydrogens (tertiary/aromatic N) is 2. The van der Waals surface area contributed by atoms with Gasteiger partial charge in [0, 0.05) is 24.1 Å². The maximum Gasteiger partial charge on any atom is 0.255 e. The van der Waals surface area contributed by atoms with Gasteiger partial charge in [-0.1, -0.05) is 30.3 Å². The molecule has 0 aromatic heterocycles. The van der Waals surface area contributed by atoms with Crippen LogP contribution in [-0.4, -0.2) is 111 Å². The Bertz CT molecular complexity index is 1350. The van der Waals surface area contributed by atoms with Crippen LogP contribution in [0.4, 0.5) is 0 Å². The number of nitrogens with one attached hydrogen (secondary N) is 1. The third kappa shape index (κ3) is 5.07. The van der Waals surface area contributed by atoms with E-state index in [9.17, 15) is 14.4 Å². The highest BCUT2D eigenvalue weighted by atomic mass is 16.5. The zero-order valence-corrected chi connectivity index (χ0v) is 21.7. The number of ether oxygens (including phenoxy) is 2. The molecule has 2 atom stereocenters. The molecule has 5 rings (SSSR count). The molecule has 14 radical (unpaired) electrons. The number of hydrogen-bond acceptors (Lipinski definition) is 6. The number of carbonyl (C=O) groups excluding carboxylic acids is 3. The first kappa shape index (κ1) is 28.7. The number of hydrogen-bond donors (Lipinski definition) is 1. The van der Waals surface area contributed by atoms with Crippen molar-refractivity contribution in [3.63, 3.8) is 0 Å². The van der Waals surface area contributed by atoms with E-state index in [1.165, 1.54) is 9.80 Å². The van der Waals surface area contributed by atoms with Crippen molar-refractivity contribution < 1.29 is 23.9 Å². The first-order valence-electron chi connectivity index (χ1n) is 12.6. The van der Waals surface area contributed by atoms with Gasteiger partial charge in [-0.2, -0.15) is 0 Å². The van der Waals surface area contributed by atoms with Crippen LogP contribution in [0.3, 0.4) is 0 Å². The average Bonchev–Trinajstić information content (AvgIpc) is 3.21. The average molecular weight is 518 g/mol. The Kier molecular flexibility index (Phi) is 7.36. The zero-order chi connectivity index (χ0) is 29.0. The van der Waals surface area contributed by atoms with Crippen molar-refractivity contribution in [1.29, 1.82) is 0 Å². The summed E-state index contributed by atoms with van der Waals surface area (Å²) < 4.78 is 11.3. The van der Waals surface area contributed by atoms with Crippen molar-refractivity contribution in [1.82, 2.24) is 15.1 Å². The Labute approximate surface area is 242 Å². The fraction of sp³-hybridized carbons (Fsp3) is 0.400. The van der Waals surface area contributed by atoms with E-state index in [0.717, 1.165) is 11.1 Å². The summed E-state index contributed by atoms with van der Waals surface area (Å²) in [6.07, 6.45) is 0.469. The summed E-state index contributed by atoms with van der Waals surface area (Å²) in [6, 6.07) is 11.8. The molecule has 2 unspecified atom stereocenters. The minimum atomic E-state index is -2.08. The Morgan fingerprint density at radius 1 is 0.975 bits per heavy atom. The Hall–Kier alpha value is -2.78. The van der Waals surface area contributed by atoms with Gasteiger partial charge in [-0.3, -0.25) is 19.7 Å². The first-order valence-corrected chi connectivity index (χ1v) is 12.6. The van der Waals surface area contributed by atoms with Crippen molar-refractivity contribution in [3.8, 4) is 5.75 Å². The molecule has 0 spiro atoms. The molecule has 2 aromatic carbocycles. The van der Waals surface area contributed by atoms with Crippen LogP contribution in [0.2, 0.25) is 0 Å². The van der Waals surface area contributed by atoms with Gasteiger partial charge in [-0.05, 0) is 51.8 Å². The predicted octanol–water partition coefficient (Wildman–Crippen LogP) is -1.67. The molecule has 3 amide bonds. The number of morpholine rings is 1. The van der Waals surface area contributed by atoms with E-state index in [1.54, 1.807) is 18.2 Å². The van der Waals surface area contributed by atoms with E-state index >= 15 is 0 Å². The summed E-state index contributed by atoms with van der Waals surface area (Å²) in [6.45, 7) is 0.541. The van der Waals surface area contributed by atoms with E-state index < -0.39 is 34.0 Å². The molecule has 40 heavy (non-hydrogen) atoms. The Morgan fingerprint density at radius 3 is 2.33 bits per heavy atom. The minimum absolute atomic E-state index is 0.120. The number of piperidine rings is 1. The van der Waals surface area contributed by atoms with Gasteiger partial charge in [-0.15, -0.1) is 0 Å². The summed E-state index contributed by atoms with van der Waals surface area (Å²) in [7, 11) is 42.3. The van der Waals surface area contributed by atoms with Gasteiger partial charge < -0.3 is 19.3 Å². The lowest BCUT2D eigenvalue weighted by molar-refractivity contribution is -0.136. The fourth-order valence-electron chi connectivity index (χ4n) is 5.15. The predicted molar refractivity (Wildman–Crippen MR) is 152 cm³/mol. The maximum atomic E-state index is 13.0.